The summed E-state index contributed by atoms with van der Waals surface area (Å²) >= 11 is 11.2. The van der Waals surface area contributed by atoms with E-state index in [0.717, 1.165) is 11.1 Å². The van der Waals surface area contributed by atoms with Crippen LogP contribution in [0.3, 0.4) is 0 Å². The molecule has 0 aliphatic carbocycles. The lowest BCUT2D eigenvalue weighted by atomic mass is 10.2. The van der Waals surface area contributed by atoms with Crippen LogP contribution < -0.4 is 0 Å². The van der Waals surface area contributed by atoms with Gasteiger partial charge in [-0.05, 0) is 48.9 Å². The van der Waals surface area contributed by atoms with Crippen molar-refractivity contribution in [1.29, 1.82) is 0 Å². The number of hydrogen-bond donors (Lipinski definition) is 0. The summed E-state index contributed by atoms with van der Waals surface area (Å²) in [7, 11) is 0.422. The normalized spacial score (nSPS) is 10.5. The smallest absolute Gasteiger partial charge is 0.0474 e. The Morgan fingerprint density at radius 1 is 0.652 bits per heavy atom. The van der Waals surface area contributed by atoms with Crippen molar-refractivity contribution in [2.75, 3.05) is 18.5 Å². The zero-order valence-electron chi connectivity index (χ0n) is 15.3. The second-order valence-corrected chi connectivity index (χ2v) is 9.20. The number of halogens is 2. The first-order valence-corrected chi connectivity index (χ1v) is 12.1. The van der Waals surface area contributed by atoms with Crippen LogP contribution in [0.25, 0.3) is 0 Å². The van der Waals surface area contributed by atoms with Gasteiger partial charge < -0.3 is 0 Å². The van der Waals surface area contributed by atoms with Crippen LogP contribution in [0.5, 0.6) is 0 Å². The van der Waals surface area contributed by atoms with Crippen molar-refractivity contribution in [2.24, 2.45) is 0 Å². The van der Waals surface area contributed by atoms with Crippen molar-refractivity contribution < 1.29 is 0 Å². The number of hydrogen-bond acceptors (Lipinski definition) is 0. The zero-order chi connectivity index (χ0) is 17.3. The maximum atomic E-state index is 5.59. The molecule has 1 aromatic carbocycles. The topological polar surface area (TPSA) is 0 Å². The summed E-state index contributed by atoms with van der Waals surface area (Å²) in [4.78, 5) is 0. The molecule has 0 aliphatic rings. The largest absolute Gasteiger partial charge is 0.122 e. The fourth-order valence-corrected chi connectivity index (χ4v) is 5.52. The first-order chi connectivity index (χ1) is 11.2. The highest BCUT2D eigenvalue weighted by molar-refractivity contribution is 7.57. The Hall–Kier alpha value is 0.230. The van der Waals surface area contributed by atoms with Gasteiger partial charge in [0.05, 0.1) is 0 Å². The van der Waals surface area contributed by atoms with Gasteiger partial charge >= 0.3 is 0 Å². The SMILES string of the molecule is CCCCP(CCCC)CCCC.ClCc1ccc(CCl)cc1. The molecule has 0 heterocycles. The maximum Gasteiger partial charge on any atom is 0.0474 e. The molecular formula is C20H35Cl2P. The van der Waals surface area contributed by atoms with Crippen LogP contribution in [0, 0.1) is 0 Å². The summed E-state index contributed by atoms with van der Waals surface area (Å²) in [6.07, 6.45) is 13.2. The van der Waals surface area contributed by atoms with Crippen molar-refractivity contribution >= 4 is 31.1 Å². The number of unbranched alkanes of at least 4 members (excludes halogenated alkanes) is 3. The van der Waals surface area contributed by atoms with Gasteiger partial charge in [0, 0.05) is 11.8 Å². The molecule has 0 bridgehead atoms. The molecule has 0 N–H and O–H groups in total. The Kier molecular flexibility index (Phi) is 17.2. The van der Waals surface area contributed by atoms with Crippen LogP contribution in [-0.4, -0.2) is 18.5 Å². The summed E-state index contributed by atoms with van der Waals surface area (Å²) in [5, 5.41) is 0. The second-order valence-electron chi connectivity index (χ2n) is 5.99. The minimum atomic E-state index is 0.422. The zero-order valence-corrected chi connectivity index (χ0v) is 17.7. The molecular weight excluding hydrogens is 342 g/mol. The van der Waals surface area contributed by atoms with E-state index in [9.17, 15) is 0 Å². The molecule has 0 fully saturated rings. The molecule has 1 rings (SSSR count). The molecule has 23 heavy (non-hydrogen) atoms. The molecule has 0 aliphatic heterocycles. The highest BCUT2D eigenvalue weighted by atomic mass is 35.5. The fourth-order valence-electron chi connectivity index (χ4n) is 2.20. The van der Waals surface area contributed by atoms with Gasteiger partial charge in [-0.15, -0.1) is 31.1 Å². The summed E-state index contributed by atoms with van der Waals surface area (Å²) in [6.45, 7) is 6.94. The third kappa shape index (κ3) is 13.2. The van der Waals surface area contributed by atoms with Crippen LogP contribution in [0.15, 0.2) is 24.3 Å². The number of alkyl halides is 2. The van der Waals surface area contributed by atoms with Crippen molar-refractivity contribution in [1.82, 2.24) is 0 Å². The van der Waals surface area contributed by atoms with E-state index in [1.807, 2.05) is 24.3 Å². The monoisotopic (exact) mass is 376 g/mol. The molecule has 0 saturated heterocycles. The van der Waals surface area contributed by atoms with Gasteiger partial charge in [0.15, 0.2) is 0 Å². The Balaban J connectivity index is 0.000000433. The Morgan fingerprint density at radius 3 is 1.17 bits per heavy atom. The Labute approximate surface area is 156 Å². The van der Waals surface area contributed by atoms with Gasteiger partial charge in [-0.25, -0.2) is 0 Å². The molecule has 0 amide bonds. The average molecular weight is 377 g/mol. The van der Waals surface area contributed by atoms with Gasteiger partial charge in [-0.1, -0.05) is 64.3 Å². The predicted octanol–water partition coefficient (Wildman–Crippen LogP) is 8.03. The van der Waals surface area contributed by atoms with Gasteiger partial charge in [-0.3, -0.25) is 0 Å². The van der Waals surface area contributed by atoms with Gasteiger partial charge in [0.2, 0.25) is 0 Å². The van der Waals surface area contributed by atoms with E-state index < -0.39 is 0 Å². The van der Waals surface area contributed by atoms with Crippen LogP contribution in [0.2, 0.25) is 0 Å². The van der Waals surface area contributed by atoms with Crippen molar-refractivity contribution in [3.8, 4) is 0 Å². The third-order valence-corrected chi connectivity index (χ3v) is 7.28. The standard InChI is InChI=1S/C12H27P.C8H8Cl2/c1-4-7-10-13(11-8-5-2)12-9-6-3;9-5-7-1-2-8(6-10)4-3-7/h4-12H2,1-3H3;1-4H,5-6H2. The van der Waals surface area contributed by atoms with Crippen LogP contribution >= 0.6 is 31.1 Å². The minimum Gasteiger partial charge on any atom is -0.122 e. The highest BCUT2D eigenvalue weighted by Crippen LogP contribution is 2.38. The molecule has 0 atom stereocenters. The first-order valence-electron chi connectivity index (χ1n) is 9.13. The first kappa shape index (κ1) is 23.2. The number of rotatable bonds is 11. The third-order valence-electron chi connectivity index (χ3n) is 3.82. The maximum absolute atomic E-state index is 5.59. The molecule has 0 unspecified atom stereocenters. The van der Waals surface area contributed by atoms with E-state index in [2.05, 4.69) is 20.8 Å². The van der Waals surface area contributed by atoms with Crippen molar-refractivity contribution in [2.45, 2.75) is 71.1 Å². The summed E-state index contributed by atoms with van der Waals surface area (Å²) < 4.78 is 0. The summed E-state index contributed by atoms with van der Waals surface area (Å²) in [5.74, 6) is 1.14. The summed E-state index contributed by atoms with van der Waals surface area (Å²) in [6, 6.07) is 7.96. The number of benzene rings is 1. The Morgan fingerprint density at radius 2 is 0.957 bits per heavy atom. The lowest BCUT2D eigenvalue weighted by molar-refractivity contribution is 0.847. The molecule has 0 aromatic heterocycles. The summed E-state index contributed by atoms with van der Waals surface area (Å²) in [5.41, 5.74) is 2.27. The van der Waals surface area contributed by atoms with Gasteiger partial charge in [0.25, 0.3) is 0 Å². The molecule has 0 radical (unpaired) electrons. The van der Waals surface area contributed by atoms with E-state index in [0.29, 0.717) is 19.7 Å². The molecule has 0 saturated carbocycles. The van der Waals surface area contributed by atoms with E-state index in [1.54, 1.807) is 18.5 Å². The van der Waals surface area contributed by atoms with E-state index in [4.69, 9.17) is 23.2 Å². The molecule has 3 heteroatoms. The van der Waals surface area contributed by atoms with Crippen LogP contribution in [0.4, 0.5) is 0 Å². The average Bonchev–Trinajstić information content (AvgIpc) is 2.61. The lowest BCUT2D eigenvalue weighted by Crippen LogP contribution is -1.95. The highest BCUT2D eigenvalue weighted by Gasteiger charge is 2.05. The predicted molar refractivity (Wildman–Crippen MR) is 112 cm³/mol. The lowest BCUT2D eigenvalue weighted by Gasteiger charge is -2.16. The molecule has 134 valence electrons. The van der Waals surface area contributed by atoms with E-state index in [-0.39, 0.29) is 0 Å². The van der Waals surface area contributed by atoms with Crippen LogP contribution in [0.1, 0.15) is 70.4 Å². The second kappa shape index (κ2) is 17.1. The quantitative estimate of drug-likeness (QED) is 0.270. The van der Waals surface area contributed by atoms with E-state index >= 15 is 0 Å². The minimum absolute atomic E-state index is 0.422. The van der Waals surface area contributed by atoms with Gasteiger partial charge in [0.1, 0.15) is 0 Å². The fraction of sp³-hybridized carbons (Fsp3) is 0.700. The van der Waals surface area contributed by atoms with Crippen molar-refractivity contribution in [3.05, 3.63) is 35.4 Å². The van der Waals surface area contributed by atoms with Crippen molar-refractivity contribution in [3.63, 3.8) is 0 Å². The molecule has 0 nitrogen and oxygen atoms in total. The van der Waals surface area contributed by atoms with Crippen LogP contribution in [-0.2, 0) is 11.8 Å². The molecule has 0 spiro atoms. The molecule has 1 aromatic rings. The van der Waals surface area contributed by atoms with Gasteiger partial charge in [-0.2, -0.15) is 0 Å². The van der Waals surface area contributed by atoms with E-state index in [1.165, 1.54) is 38.5 Å². The Bertz CT molecular complexity index is 309.